The van der Waals surface area contributed by atoms with Crippen LogP contribution in [0.5, 0.6) is 5.75 Å². The first kappa shape index (κ1) is 11.7. The highest BCUT2D eigenvalue weighted by molar-refractivity contribution is 6.20. The van der Waals surface area contributed by atoms with E-state index in [1.54, 1.807) is 7.11 Å². The Labute approximate surface area is 102 Å². The number of ether oxygens (including phenoxy) is 1. The van der Waals surface area contributed by atoms with Crippen molar-refractivity contribution in [1.29, 1.82) is 0 Å². The van der Waals surface area contributed by atoms with E-state index in [-0.39, 0.29) is 0 Å². The van der Waals surface area contributed by atoms with Crippen molar-refractivity contribution in [1.82, 2.24) is 4.90 Å². The first-order valence-corrected chi connectivity index (χ1v) is 6.21. The molecule has 1 aliphatic rings. The van der Waals surface area contributed by atoms with Crippen LogP contribution in [0.3, 0.4) is 0 Å². The lowest BCUT2D eigenvalue weighted by Crippen LogP contribution is -2.33. The Hall–Kier alpha value is -0.730. The molecular formula is C13H18ClNO. The van der Waals surface area contributed by atoms with E-state index in [1.807, 2.05) is 12.1 Å². The zero-order chi connectivity index (χ0) is 11.4. The van der Waals surface area contributed by atoms with Gasteiger partial charge in [0, 0.05) is 11.9 Å². The Morgan fingerprint density at radius 2 is 2.12 bits per heavy atom. The summed E-state index contributed by atoms with van der Waals surface area (Å²) in [5.41, 5.74) is 1.31. The summed E-state index contributed by atoms with van der Waals surface area (Å²) in [7, 11) is 1.71. The summed E-state index contributed by atoms with van der Waals surface area (Å²) in [6, 6.07) is 8.28. The second-order valence-corrected chi connectivity index (χ2v) is 4.92. The quantitative estimate of drug-likeness (QED) is 0.753. The standard InChI is InChI=1S/C13H18ClNO/c1-16-13-4-2-3-11(9-13)10-15-7-5-12(14)6-8-15/h2-4,9,12H,5-8,10H2,1H3. The predicted octanol–water partition coefficient (Wildman–Crippen LogP) is 2.90. The number of nitrogens with zero attached hydrogens (tertiary/aromatic N) is 1. The third kappa shape index (κ3) is 3.13. The Morgan fingerprint density at radius 3 is 2.81 bits per heavy atom. The summed E-state index contributed by atoms with van der Waals surface area (Å²) in [5.74, 6) is 0.935. The minimum Gasteiger partial charge on any atom is -0.497 e. The molecule has 1 saturated heterocycles. The summed E-state index contributed by atoms with van der Waals surface area (Å²) in [6.45, 7) is 3.21. The number of likely N-dealkylation sites (tertiary alicyclic amines) is 1. The maximum Gasteiger partial charge on any atom is 0.119 e. The summed E-state index contributed by atoms with van der Waals surface area (Å²) in [6.07, 6.45) is 2.21. The molecule has 0 atom stereocenters. The molecule has 2 rings (SSSR count). The van der Waals surface area contributed by atoms with E-state index in [1.165, 1.54) is 5.56 Å². The monoisotopic (exact) mass is 239 g/mol. The second-order valence-electron chi connectivity index (χ2n) is 4.30. The lowest BCUT2D eigenvalue weighted by molar-refractivity contribution is 0.223. The van der Waals surface area contributed by atoms with Crippen molar-refractivity contribution in [3.8, 4) is 5.75 Å². The molecule has 1 fully saturated rings. The van der Waals surface area contributed by atoms with Gasteiger partial charge in [-0.25, -0.2) is 0 Å². The zero-order valence-corrected chi connectivity index (χ0v) is 10.4. The van der Waals surface area contributed by atoms with Crippen LogP contribution in [-0.2, 0) is 6.54 Å². The fourth-order valence-corrected chi connectivity index (χ4v) is 2.28. The SMILES string of the molecule is COc1cccc(CN2CCC(Cl)CC2)c1. The van der Waals surface area contributed by atoms with Gasteiger partial charge < -0.3 is 4.74 Å². The van der Waals surface area contributed by atoms with Crippen LogP contribution in [0.1, 0.15) is 18.4 Å². The highest BCUT2D eigenvalue weighted by Crippen LogP contribution is 2.19. The van der Waals surface area contributed by atoms with Gasteiger partial charge in [-0.15, -0.1) is 11.6 Å². The van der Waals surface area contributed by atoms with E-state index >= 15 is 0 Å². The number of benzene rings is 1. The van der Waals surface area contributed by atoms with Crippen molar-refractivity contribution in [2.45, 2.75) is 24.8 Å². The van der Waals surface area contributed by atoms with E-state index < -0.39 is 0 Å². The van der Waals surface area contributed by atoms with Gasteiger partial charge in [0.1, 0.15) is 5.75 Å². The van der Waals surface area contributed by atoms with Gasteiger partial charge in [-0.05, 0) is 43.6 Å². The van der Waals surface area contributed by atoms with Crippen molar-refractivity contribution in [2.75, 3.05) is 20.2 Å². The molecule has 0 amide bonds. The van der Waals surface area contributed by atoms with Crippen molar-refractivity contribution in [2.24, 2.45) is 0 Å². The maximum absolute atomic E-state index is 6.09. The lowest BCUT2D eigenvalue weighted by atomic mass is 10.1. The molecule has 0 radical (unpaired) electrons. The first-order chi connectivity index (χ1) is 7.78. The minimum absolute atomic E-state index is 0.376. The fraction of sp³-hybridized carbons (Fsp3) is 0.538. The van der Waals surface area contributed by atoms with Gasteiger partial charge in [-0.2, -0.15) is 0 Å². The van der Waals surface area contributed by atoms with Crippen molar-refractivity contribution >= 4 is 11.6 Å². The van der Waals surface area contributed by atoms with Gasteiger partial charge in [0.25, 0.3) is 0 Å². The average Bonchev–Trinajstić information content (AvgIpc) is 2.32. The third-order valence-corrected chi connectivity index (χ3v) is 3.49. The molecule has 2 nitrogen and oxygen atoms in total. The topological polar surface area (TPSA) is 12.5 Å². The number of halogens is 1. The van der Waals surface area contributed by atoms with Gasteiger partial charge in [0.15, 0.2) is 0 Å². The van der Waals surface area contributed by atoms with Crippen LogP contribution in [0.15, 0.2) is 24.3 Å². The number of alkyl halides is 1. The molecule has 0 spiro atoms. The molecule has 0 unspecified atom stereocenters. The number of rotatable bonds is 3. The Kier molecular flexibility index (Phi) is 4.08. The maximum atomic E-state index is 6.09. The number of hydrogen-bond donors (Lipinski definition) is 0. The average molecular weight is 240 g/mol. The molecule has 1 aromatic rings. The van der Waals surface area contributed by atoms with Crippen LogP contribution in [0.25, 0.3) is 0 Å². The van der Waals surface area contributed by atoms with Crippen LogP contribution in [0, 0.1) is 0 Å². The Morgan fingerprint density at radius 1 is 1.38 bits per heavy atom. The van der Waals surface area contributed by atoms with Gasteiger partial charge >= 0.3 is 0 Å². The van der Waals surface area contributed by atoms with E-state index in [0.29, 0.717) is 5.38 Å². The van der Waals surface area contributed by atoms with Gasteiger partial charge in [0.2, 0.25) is 0 Å². The number of hydrogen-bond acceptors (Lipinski definition) is 2. The molecular weight excluding hydrogens is 222 g/mol. The van der Waals surface area contributed by atoms with Crippen LogP contribution in [0.4, 0.5) is 0 Å². The summed E-state index contributed by atoms with van der Waals surface area (Å²) in [4.78, 5) is 2.45. The van der Waals surface area contributed by atoms with Crippen LogP contribution >= 0.6 is 11.6 Å². The number of piperidine rings is 1. The largest absolute Gasteiger partial charge is 0.497 e. The van der Waals surface area contributed by atoms with Crippen molar-refractivity contribution in [3.05, 3.63) is 29.8 Å². The fourth-order valence-electron chi connectivity index (χ4n) is 2.09. The molecule has 0 bridgehead atoms. The van der Waals surface area contributed by atoms with E-state index in [4.69, 9.17) is 16.3 Å². The van der Waals surface area contributed by atoms with Crippen LogP contribution < -0.4 is 4.74 Å². The molecule has 1 heterocycles. The molecule has 0 N–H and O–H groups in total. The van der Waals surface area contributed by atoms with Gasteiger partial charge in [0.05, 0.1) is 7.11 Å². The van der Waals surface area contributed by atoms with Crippen LogP contribution in [-0.4, -0.2) is 30.5 Å². The first-order valence-electron chi connectivity index (χ1n) is 5.77. The second kappa shape index (κ2) is 5.55. The lowest BCUT2D eigenvalue weighted by Gasteiger charge is -2.29. The molecule has 1 aliphatic heterocycles. The third-order valence-electron chi connectivity index (χ3n) is 3.06. The van der Waals surface area contributed by atoms with E-state index in [2.05, 4.69) is 17.0 Å². The molecule has 3 heteroatoms. The molecule has 0 saturated carbocycles. The van der Waals surface area contributed by atoms with Crippen LogP contribution in [0.2, 0.25) is 0 Å². The molecule has 0 aliphatic carbocycles. The van der Waals surface area contributed by atoms with Crippen molar-refractivity contribution < 1.29 is 4.74 Å². The van der Waals surface area contributed by atoms with E-state index in [0.717, 1.165) is 38.2 Å². The highest BCUT2D eigenvalue weighted by Gasteiger charge is 2.16. The van der Waals surface area contributed by atoms with Gasteiger partial charge in [-0.1, -0.05) is 12.1 Å². The zero-order valence-electron chi connectivity index (χ0n) is 9.66. The van der Waals surface area contributed by atoms with E-state index in [9.17, 15) is 0 Å². The number of methoxy groups -OCH3 is 1. The minimum atomic E-state index is 0.376. The highest BCUT2D eigenvalue weighted by atomic mass is 35.5. The predicted molar refractivity (Wildman–Crippen MR) is 67.1 cm³/mol. The summed E-state index contributed by atoms with van der Waals surface area (Å²) in [5, 5.41) is 0.376. The molecule has 88 valence electrons. The Bertz CT molecular complexity index is 334. The normalized spacial score (nSPS) is 18.6. The van der Waals surface area contributed by atoms with Gasteiger partial charge in [-0.3, -0.25) is 4.90 Å². The smallest absolute Gasteiger partial charge is 0.119 e. The Balaban J connectivity index is 1.93. The summed E-state index contributed by atoms with van der Waals surface area (Å²) >= 11 is 6.09. The molecule has 1 aromatic carbocycles. The molecule has 0 aromatic heterocycles. The molecule has 16 heavy (non-hydrogen) atoms. The summed E-state index contributed by atoms with van der Waals surface area (Å²) < 4.78 is 5.22. The van der Waals surface area contributed by atoms with Crippen molar-refractivity contribution in [3.63, 3.8) is 0 Å².